The number of carbonyl (C=O) groups is 2. The van der Waals surface area contributed by atoms with Crippen molar-refractivity contribution in [3.63, 3.8) is 0 Å². The molecule has 0 saturated heterocycles. The Morgan fingerprint density at radius 2 is 1.72 bits per heavy atom. The van der Waals surface area contributed by atoms with Gasteiger partial charge in [-0.05, 0) is 19.1 Å². The van der Waals surface area contributed by atoms with Crippen LogP contribution in [0.25, 0.3) is 11.3 Å². The highest BCUT2D eigenvalue weighted by Gasteiger charge is 2.09. The fourth-order valence-corrected chi connectivity index (χ4v) is 3.06. The van der Waals surface area contributed by atoms with Crippen LogP contribution in [0.5, 0.6) is 0 Å². The molecule has 0 saturated carbocycles. The Bertz CT molecular complexity index is 870. The standard InChI is InChI=1S/C20H18N2O2S/c1-14-21-18(13-25-14)15-7-9-17(10-8-15)22-20(24)12-11-19(23)16-5-3-2-4-6-16/h2-10,13H,11-12H2,1H3,(H,22,24). The minimum absolute atomic E-state index is 0.0231. The lowest BCUT2D eigenvalue weighted by Gasteiger charge is -2.06. The third-order valence-corrected chi connectivity index (χ3v) is 4.53. The molecule has 0 unspecified atom stereocenters. The number of benzene rings is 2. The molecule has 0 spiro atoms. The highest BCUT2D eigenvalue weighted by molar-refractivity contribution is 7.09. The van der Waals surface area contributed by atoms with Crippen LogP contribution in [0, 0.1) is 6.92 Å². The number of carbonyl (C=O) groups excluding carboxylic acids is 2. The number of aromatic nitrogens is 1. The monoisotopic (exact) mass is 350 g/mol. The minimum Gasteiger partial charge on any atom is -0.326 e. The van der Waals surface area contributed by atoms with E-state index in [2.05, 4.69) is 10.3 Å². The number of amides is 1. The molecule has 0 fully saturated rings. The first-order chi connectivity index (χ1) is 12.1. The van der Waals surface area contributed by atoms with Crippen molar-refractivity contribution in [1.82, 2.24) is 4.98 Å². The van der Waals surface area contributed by atoms with Gasteiger partial charge in [0.1, 0.15) is 0 Å². The molecule has 0 aliphatic heterocycles. The van der Waals surface area contributed by atoms with E-state index in [1.54, 1.807) is 23.5 Å². The largest absolute Gasteiger partial charge is 0.326 e. The van der Waals surface area contributed by atoms with Gasteiger partial charge >= 0.3 is 0 Å². The summed E-state index contributed by atoms with van der Waals surface area (Å²) < 4.78 is 0. The van der Waals surface area contributed by atoms with Crippen molar-refractivity contribution in [1.29, 1.82) is 0 Å². The molecule has 5 heteroatoms. The Labute approximate surface area is 150 Å². The van der Waals surface area contributed by atoms with Crippen LogP contribution in [0.3, 0.4) is 0 Å². The average molecular weight is 350 g/mol. The van der Waals surface area contributed by atoms with Gasteiger partial charge in [-0.1, -0.05) is 42.5 Å². The lowest BCUT2D eigenvalue weighted by Crippen LogP contribution is -2.13. The first-order valence-corrected chi connectivity index (χ1v) is 8.90. The van der Waals surface area contributed by atoms with Crippen LogP contribution in [0.4, 0.5) is 5.69 Å². The zero-order chi connectivity index (χ0) is 17.6. The molecule has 1 heterocycles. The van der Waals surface area contributed by atoms with Crippen LogP contribution in [0.1, 0.15) is 28.2 Å². The number of hydrogen-bond acceptors (Lipinski definition) is 4. The third-order valence-electron chi connectivity index (χ3n) is 3.76. The smallest absolute Gasteiger partial charge is 0.224 e. The molecule has 126 valence electrons. The Morgan fingerprint density at radius 3 is 2.36 bits per heavy atom. The van der Waals surface area contributed by atoms with Gasteiger partial charge in [0.25, 0.3) is 0 Å². The van der Waals surface area contributed by atoms with Gasteiger partial charge in [0, 0.05) is 35.0 Å². The molecule has 1 amide bonds. The van der Waals surface area contributed by atoms with E-state index in [0.717, 1.165) is 16.3 Å². The molecule has 1 N–H and O–H groups in total. The van der Waals surface area contributed by atoms with Crippen molar-refractivity contribution in [2.24, 2.45) is 0 Å². The summed E-state index contributed by atoms with van der Waals surface area (Å²) in [7, 11) is 0. The van der Waals surface area contributed by atoms with Crippen molar-refractivity contribution in [3.8, 4) is 11.3 Å². The lowest BCUT2D eigenvalue weighted by atomic mass is 10.1. The van der Waals surface area contributed by atoms with E-state index < -0.39 is 0 Å². The van der Waals surface area contributed by atoms with Gasteiger partial charge in [-0.25, -0.2) is 4.98 Å². The summed E-state index contributed by atoms with van der Waals surface area (Å²) in [4.78, 5) is 28.5. The Balaban J connectivity index is 1.53. The fourth-order valence-electron chi connectivity index (χ4n) is 2.44. The fraction of sp³-hybridized carbons (Fsp3) is 0.150. The molecule has 2 aromatic carbocycles. The number of rotatable bonds is 6. The summed E-state index contributed by atoms with van der Waals surface area (Å²) in [5, 5.41) is 5.86. The second kappa shape index (κ2) is 7.85. The zero-order valence-corrected chi connectivity index (χ0v) is 14.7. The van der Waals surface area contributed by atoms with Crippen molar-refractivity contribution in [3.05, 3.63) is 70.5 Å². The molecule has 3 aromatic rings. The molecule has 4 nitrogen and oxygen atoms in total. The van der Waals surface area contributed by atoms with Crippen LogP contribution >= 0.6 is 11.3 Å². The molecule has 25 heavy (non-hydrogen) atoms. The normalized spacial score (nSPS) is 10.4. The molecular weight excluding hydrogens is 332 g/mol. The van der Waals surface area contributed by atoms with E-state index in [9.17, 15) is 9.59 Å². The van der Waals surface area contributed by atoms with Crippen molar-refractivity contribution < 1.29 is 9.59 Å². The molecule has 3 rings (SSSR count). The molecule has 0 atom stereocenters. The second-order valence-electron chi connectivity index (χ2n) is 5.67. The van der Waals surface area contributed by atoms with E-state index in [0.29, 0.717) is 11.3 Å². The topological polar surface area (TPSA) is 59.1 Å². The Morgan fingerprint density at radius 1 is 1.00 bits per heavy atom. The highest BCUT2D eigenvalue weighted by Crippen LogP contribution is 2.23. The molecule has 0 aliphatic rings. The number of nitrogens with one attached hydrogen (secondary N) is 1. The number of anilines is 1. The van der Waals surface area contributed by atoms with E-state index in [4.69, 9.17) is 0 Å². The highest BCUT2D eigenvalue weighted by atomic mass is 32.1. The molecule has 0 bridgehead atoms. The summed E-state index contributed by atoms with van der Waals surface area (Å²) in [6, 6.07) is 16.6. The summed E-state index contributed by atoms with van der Waals surface area (Å²) in [5.74, 6) is -0.188. The van der Waals surface area contributed by atoms with Crippen LogP contribution in [0.2, 0.25) is 0 Å². The number of ketones is 1. The van der Waals surface area contributed by atoms with E-state index in [1.807, 2.05) is 54.8 Å². The maximum absolute atomic E-state index is 12.0. The first-order valence-electron chi connectivity index (χ1n) is 8.02. The molecule has 1 aromatic heterocycles. The summed E-state index contributed by atoms with van der Waals surface area (Å²) in [5.41, 5.74) is 3.31. The van der Waals surface area contributed by atoms with Gasteiger partial charge in [0.2, 0.25) is 5.91 Å². The van der Waals surface area contributed by atoms with Crippen LogP contribution in [-0.4, -0.2) is 16.7 Å². The lowest BCUT2D eigenvalue weighted by molar-refractivity contribution is -0.116. The van der Waals surface area contributed by atoms with Gasteiger partial charge in [0.15, 0.2) is 5.78 Å². The van der Waals surface area contributed by atoms with E-state index in [-0.39, 0.29) is 24.5 Å². The number of thiazole rings is 1. The van der Waals surface area contributed by atoms with Gasteiger partial charge in [-0.2, -0.15) is 0 Å². The predicted molar refractivity (Wildman–Crippen MR) is 101 cm³/mol. The maximum atomic E-state index is 12.0. The van der Waals surface area contributed by atoms with Gasteiger partial charge in [-0.15, -0.1) is 11.3 Å². The third kappa shape index (κ3) is 4.61. The Kier molecular flexibility index (Phi) is 5.36. The maximum Gasteiger partial charge on any atom is 0.224 e. The number of Topliss-reactive ketones (excluding diaryl/α,β-unsaturated/α-hetero) is 1. The molecular formula is C20H18N2O2S. The van der Waals surface area contributed by atoms with Gasteiger partial charge in [-0.3, -0.25) is 9.59 Å². The molecule has 0 aliphatic carbocycles. The summed E-state index contributed by atoms with van der Waals surface area (Å²) in [6.45, 7) is 1.97. The van der Waals surface area contributed by atoms with Crippen molar-refractivity contribution >= 4 is 28.7 Å². The summed E-state index contributed by atoms with van der Waals surface area (Å²) in [6.07, 6.45) is 0.368. The SMILES string of the molecule is Cc1nc(-c2ccc(NC(=O)CCC(=O)c3ccccc3)cc2)cs1. The van der Waals surface area contributed by atoms with E-state index in [1.165, 1.54) is 0 Å². The average Bonchev–Trinajstić information content (AvgIpc) is 3.07. The predicted octanol–water partition coefficient (Wildman–Crippen LogP) is 4.72. The quantitative estimate of drug-likeness (QED) is 0.654. The Hall–Kier alpha value is -2.79. The molecule has 0 radical (unpaired) electrons. The van der Waals surface area contributed by atoms with Gasteiger partial charge in [0.05, 0.1) is 10.7 Å². The van der Waals surface area contributed by atoms with E-state index >= 15 is 0 Å². The second-order valence-corrected chi connectivity index (χ2v) is 6.73. The summed E-state index contributed by atoms with van der Waals surface area (Å²) >= 11 is 1.61. The van der Waals surface area contributed by atoms with Crippen molar-refractivity contribution in [2.75, 3.05) is 5.32 Å². The van der Waals surface area contributed by atoms with Crippen LogP contribution < -0.4 is 5.32 Å². The van der Waals surface area contributed by atoms with Crippen molar-refractivity contribution in [2.45, 2.75) is 19.8 Å². The first kappa shape index (κ1) is 17.0. The number of aryl methyl sites for hydroxylation is 1. The number of hydrogen-bond donors (Lipinski definition) is 1. The van der Waals surface area contributed by atoms with Crippen LogP contribution in [-0.2, 0) is 4.79 Å². The number of nitrogens with zero attached hydrogens (tertiary/aromatic N) is 1. The van der Waals surface area contributed by atoms with Crippen LogP contribution in [0.15, 0.2) is 60.0 Å². The van der Waals surface area contributed by atoms with Gasteiger partial charge < -0.3 is 5.32 Å². The minimum atomic E-state index is -0.165. The zero-order valence-electron chi connectivity index (χ0n) is 13.9.